The van der Waals surface area contributed by atoms with Crippen LogP contribution in [0.5, 0.6) is 17.2 Å². The Kier molecular flexibility index (Phi) is 5.00. The topological polar surface area (TPSA) is 135 Å². The summed E-state index contributed by atoms with van der Waals surface area (Å²) in [7, 11) is 0. The van der Waals surface area contributed by atoms with Crippen molar-refractivity contribution in [1.82, 2.24) is 15.5 Å². The molecule has 1 fully saturated rings. The number of carbonyl (C=O) groups excluding carboxylic acids is 4. The molecule has 5 rings (SSSR count). The number of rotatable bonds is 3. The van der Waals surface area contributed by atoms with Crippen LogP contribution in [0.25, 0.3) is 0 Å². The molecule has 3 N–H and O–H groups in total. The van der Waals surface area contributed by atoms with Gasteiger partial charge >= 0.3 is 12.1 Å². The Morgan fingerprint density at radius 1 is 0.970 bits per heavy atom. The van der Waals surface area contributed by atoms with Gasteiger partial charge in [-0.1, -0.05) is 18.2 Å². The second kappa shape index (κ2) is 8.01. The van der Waals surface area contributed by atoms with Crippen molar-refractivity contribution < 1.29 is 33.4 Å². The van der Waals surface area contributed by atoms with E-state index in [0.29, 0.717) is 41.7 Å². The fourth-order valence-electron chi connectivity index (χ4n) is 4.11. The van der Waals surface area contributed by atoms with Crippen LogP contribution in [0.15, 0.2) is 42.5 Å². The molecule has 0 saturated carbocycles. The van der Waals surface area contributed by atoms with Crippen LogP contribution in [0.1, 0.15) is 12.0 Å². The summed E-state index contributed by atoms with van der Waals surface area (Å²) in [6, 6.07) is 10.2. The number of nitrogens with zero attached hydrogens (tertiary/aromatic N) is 1. The van der Waals surface area contributed by atoms with E-state index >= 15 is 0 Å². The molecule has 1 atom stereocenters. The molecule has 2 aromatic rings. The van der Waals surface area contributed by atoms with E-state index < -0.39 is 36.0 Å². The van der Waals surface area contributed by atoms with Gasteiger partial charge in [0.25, 0.3) is 5.91 Å². The maximum Gasteiger partial charge on any atom is 0.325 e. The second-order valence-corrected chi connectivity index (χ2v) is 7.68. The average molecular weight is 452 g/mol. The van der Waals surface area contributed by atoms with Gasteiger partial charge in [0.2, 0.25) is 5.91 Å². The summed E-state index contributed by atoms with van der Waals surface area (Å²) in [6.07, 6.45) is 0.233. The molecular formula is C22H20N4O7. The summed E-state index contributed by atoms with van der Waals surface area (Å²) in [4.78, 5) is 51.2. The zero-order valence-corrected chi connectivity index (χ0v) is 17.4. The van der Waals surface area contributed by atoms with Crippen LogP contribution in [0.2, 0.25) is 0 Å². The number of hydrogen-bond donors (Lipinski definition) is 3. The SMILES string of the molecule is O=C(CN1C(=O)N[C@]2(CCOc3ccccc32)C1=O)NC(=O)Nc1ccc2c(c1)OCCO2. The van der Waals surface area contributed by atoms with Crippen molar-refractivity contribution >= 4 is 29.6 Å². The predicted molar refractivity (Wildman–Crippen MR) is 113 cm³/mol. The van der Waals surface area contributed by atoms with E-state index in [0.717, 1.165) is 4.90 Å². The fourth-order valence-corrected chi connectivity index (χ4v) is 4.11. The van der Waals surface area contributed by atoms with Gasteiger partial charge in [-0.05, 0) is 18.2 Å². The normalized spacial score (nSPS) is 20.5. The van der Waals surface area contributed by atoms with Gasteiger partial charge in [-0.25, -0.2) is 9.59 Å². The maximum atomic E-state index is 13.2. The second-order valence-electron chi connectivity index (χ2n) is 7.68. The minimum absolute atomic E-state index is 0.233. The van der Waals surface area contributed by atoms with Crippen molar-refractivity contribution in [3.8, 4) is 17.2 Å². The first-order valence-electron chi connectivity index (χ1n) is 10.3. The highest BCUT2D eigenvalue weighted by molar-refractivity contribution is 6.11. The lowest BCUT2D eigenvalue weighted by Crippen LogP contribution is -2.48. The Balaban J connectivity index is 1.24. The Morgan fingerprint density at radius 3 is 2.58 bits per heavy atom. The van der Waals surface area contributed by atoms with Crippen LogP contribution in [0, 0.1) is 0 Å². The van der Waals surface area contributed by atoms with Crippen molar-refractivity contribution in [1.29, 1.82) is 0 Å². The molecule has 6 amide bonds. The van der Waals surface area contributed by atoms with Crippen molar-refractivity contribution in [2.75, 3.05) is 31.7 Å². The van der Waals surface area contributed by atoms with Gasteiger partial charge in [-0.15, -0.1) is 0 Å². The fraction of sp³-hybridized carbons (Fsp3) is 0.273. The van der Waals surface area contributed by atoms with Crippen LogP contribution >= 0.6 is 0 Å². The van der Waals surface area contributed by atoms with Crippen LogP contribution < -0.4 is 30.2 Å². The van der Waals surface area contributed by atoms with Gasteiger partial charge in [0.05, 0.1) is 6.61 Å². The van der Waals surface area contributed by atoms with E-state index in [1.165, 1.54) is 0 Å². The van der Waals surface area contributed by atoms with Gasteiger partial charge < -0.3 is 24.8 Å². The first-order chi connectivity index (χ1) is 16.0. The van der Waals surface area contributed by atoms with E-state index in [9.17, 15) is 19.2 Å². The van der Waals surface area contributed by atoms with Crippen molar-refractivity contribution in [3.05, 3.63) is 48.0 Å². The maximum absolute atomic E-state index is 13.2. The van der Waals surface area contributed by atoms with Gasteiger partial charge in [0.1, 0.15) is 25.5 Å². The van der Waals surface area contributed by atoms with Crippen molar-refractivity contribution in [2.24, 2.45) is 0 Å². The number of para-hydroxylation sites is 1. The first-order valence-corrected chi connectivity index (χ1v) is 10.3. The molecule has 0 bridgehead atoms. The molecule has 1 spiro atoms. The van der Waals surface area contributed by atoms with E-state index in [1.54, 1.807) is 42.5 Å². The largest absolute Gasteiger partial charge is 0.493 e. The minimum atomic E-state index is -1.29. The number of nitrogens with one attached hydrogen (secondary N) is 3. The number of carbonyl (C=O) groups is 4. The number of urea groups is 2. The van der Waals surface area contributed by atoms with Crippen LogP contribution in [0.3, 0.4) is 0 Å². The quantitative estimate of drug-likeness (QED) is 0.598. The first kappa shape index (κ1) is 20.6. The number of fused-ring (bicyclic) bond motifs is 3. The molecule has 170 valence electrons. The Hall–Kier alpha value is -4.28. The van der Waals surface area contributed by atoms with Crippen LogP contribution in [-0.2, 0) is 15.1 Å². The number of benzene rings is 2. The zero-order chi connectivity index (χ0) is 23.0. The lowest BCUT2D eigenvalue weighted by Gasteiger charge is -2.33. The van der Waals surface area contributed by atoms with Gasteiger partial charge in [-0.3, -0.25) is 19.8 Å². The van der Waals surface area contributed by atoms with Gasteiger partial charge in [0, 0.05) is 23.7 Å². The number of imide groups is 2. The molecule has 0 aliphatic carbocycles. The molecule has 3 aliphatic heterocycles. The summed E-state index contributed by atoms with van der Waals surface area (Å²) in [5.41, 5.74) is -0.370. The molecular weight excluding hydrogens is 432 g/mol. The molecule has 0 radical (unpaired) electrons. The number of ether oxygens (including phenoxy) is 3. The molecule has 3 aliphatic rings. The standard InChI is InChI=1S/C22H20N4O7/c27-18(24-20(29)23-13-5-6-16-17(11-13)33-10-9-32-16)12-26-19(28)22(25-21(26)30)7-8-31-15-4-2-1-3-14(15)22/h1-6,11H,7-10,12H2,(H,25,30)(H2,23,24,27,29)/t22-/m0/s1. The minimum Gasteiger partial charge on any atom is -0.493 e. The highest BCUT2D eigenvalue weighted by Gasteiger charge is 2.55. The molecule has 11 nitrogen and oxygen atoms in total. The molecule has 3 heterocycles. The number of hydrogen-bond acceptors (Lipinski definition) is 7. The van der Waals surface area contributed by atoms with Crippen molar-refractivity contribution in [2.45, 2.75) is 12.0 Å². The summed E-state index contributed by atoms with van der Waals surface area (Å²) in [5, 5.41) is 7.34. The lowest BCUT2D eigenvalue weighted by atomic mass is 9.84. The van der Waals surface area contributed by atoms with E-state index in [-0.39, 0.29) is 13.0 Å². The summed E-state index contributed by atoms with van der Waals surface area (Å²) in [6.45, 7) is 0.466. The Labute approximate surface area is 188 Å². The van der Waals surface area contributed by atoms with E-state index in [2.05, 4.69) is 16.0 Å². The lowest BCUT2D eigenvalue weighted by molar-refractivity contribution is -0.135. The van der Waals surface area contributed by atoms with E-state index in [4.69, 9.17) is 14.2 Å². The Bertz CT molecular complexity index is 1170. The third-order valence-electron chi connectivity index (χ3n) is 5.61. The third kappa shape index (κ3) is 3.67. The van der Waals surface area contributed by atoms with Crippen LogP contribution in [-0.4, -0.2) is 55.1 Å². The van der Waals surface area contributed by atoms with Crippen LogP contribution in [0.4, 0.5) is 15.3 Å². The molecule has 0 unspecified atom stereocenters. The third-order valence-corrected chi connectivity index (χ3v) is 5.61. The van der Waals surface area contributed by atoms with E-state index in [1.807, 2.05) is 0 Å². The summed E-state index contributed by atoms with van der Waals surface area (Å²) < 4.78 is 16.5. The monoisotopic (exact) mass is 452 g/mol. The predicted octanol–water partition coefficient (Wildman–Crippen LogP) is 1.34. The molecule has 0 aromatic heterocycles. The highest BCUT2D eigenvalue weighted by Crippen LogP contribution is 2.40. The number of amides is 6. The average Bonchev–Trinajstić information content (AvgIpc) is 3.04. The number of anilines is 1. The molecule has 2 aromatic carbocycles. The Morgan fingerprint density at radius 2 is 1.73 bits per heavy atom. The molecule has 33 heavy (non-hydrogen) atoms. The highest BCUT2D eigenvalue weighted by atomic mass is 16.6. The molecule has 11 heteroatoms. The van der Waals surface area contributed by atoms with Gasteiger partial charge in [0.15, 0.2) is 17.0 Å². The zero-order valence-electron chi connectivity index (χ0n) is 17.4. The summed E-state index contributed by atoms with van der Waals surface area (Å²) >= 11 is 0. The van der Waals surface area contributed by atoms with Crippen molar-refractivity contribution in [3.63, 3.8) is 0 Å². The summed E-state index contributed by atoms with van der Waals surface area (Å²) in [5.74, 6) is 0.163. The van der Waals surface area contributed by atoms with Gasteiger partial charge in [-0.2, -0.15) is 0 Å². The molecule has 1 saturated heterocycles. The smallest absolute Gasteiger partial charge is 0.325 e.